The van der Waals surface area contributed by atoms with Crippen LogP contribution < -0.4 is 0 Å². The molecule has 1 amide bonds. The quantitative estimate of drug-likeness (QED) is 0.822. The smallest absolute Gasteiger partial charge is 0.235 e. The maximum absolute atomic E-state index is 12.6. The molecule has 3 atom stereocenters. The van der Waals surface area contributed by atoms with Crippen LogP contribution in [0, 0.1) is 0 Å². The molecule has 0 spiro atoms. The summed E-state index contributed by atoms with van der Waals surface area (Å²) in [6.07, 6.45) is 2.03. The van der Waals surface area contributed by atoms with Gasteiger partial charge in [0.2, 0.25) is 5.91 Å². The zero-order valence-electron chi connectivity index (χ0n) is 13.2. The van der Waals surface area contributed by atoms with E-state index < -0.39 is 10.8 Å². The number of hydrogen-bond donors (Lipinski definition) is 0. The van der Waals surface area contributed by atoms with Crippen LogP contribution in [0.1, 0.15) is 41.5 Å². The summed E-state index contributed by atoms with van der Waals surface area (Å²) in [5.74, 6) is 0.125. The first-order valence-corrected chi connectivity index (χ1v) is 10.2. The minimum Gasteiger partial charge on any atom is -0.334 e. The van der Waals surface area contributed by atoms with Gasteiger partial charge in [-0.1, -0.05) is 36.4 Å². The third-order valence-electron chi connectivity index (χ3n) is 4.37. The van der Waals surface area contributed by atoms with Crippen LogP contribution in [0.5, 0.6) is 0 Å². The predicted molar refractivity (Wildman–Crippen MR) is 95.9 cm³/mol. The van der Waals surface area contributed by atoms with Gasteiger partial charge in [-0.3, -0.25) is 9.00 Å². The van der Waals surface area contributed by atoms with Gasteiger partial charge in [-0.05, 0) is 36.8 Å². The average molecular weight is 348 g/mol. The fourth-order valence-corrected chi connectivity index (χ4v) is 5.04. The van der Waals surface area contributed by atoms with Crippen LogP contribution in [-0.2, 0) is 15.6 Å². The molecular formula is C18H21NO2S2. The highest BCUT2D eigenvalue weighted by molar-refractivity contribution is 7.86. The second-order valence-electron chi connectivity index (χ2n) is 5.84. The first-order valence-electron chi connectivity index (χ1n) is 7.92. The van der Waals surface area contributed by atoms with Crippen molar-refractivity contribution < 1.29 is 9.00 Å². The van der Waals surface area contributed by atoms with Gasteiger partial charge in [-0.2, -0.15) is 0 Å². The average Bonchev–Trinajstić information content (AvgIpc) is 3.25. The summed E-state index contributed by atoms with van der Waals surface area (Å²) < 4.78 is 12.6. The molecule has 3 nitrogen and oxygen atoms in total. The number of carbonyl (C=O) groups is 1. The van der Waals surface area contributed by atoms with E-state index in [0.29, 0.717) is 0 Å². The minimum atomic E-state index is -1.19. The normalized spacial score (nSPS) is 20.4. The molecule has 1 fully saturated rings. The van der Waals surface area contributed by atoms with Crippen LogP contribution in [0.25, 0.3) is 0 Å². The van der Waals surface area contributed by atoms with E-state index in [1.54, 1.807) is 11.3 Å². The van der Waals surface area contributed by atoms with Gasteiger partial charge in [-0.15, -0.1) is 11.3 Å². The summed E-state index contributed by atoms with van der Waals surface area (Å²) in [7, 11) is -1.19. The lowest BCUT2D eigenvalue weighted by molar-refractivity contribution is -0.129. The van der Waals surface area contributed by atoms with Crippen molar-refractivity contribution in [1.29, 1.82) is 0 Å². The highest BCUT2D eigenvalue weighted by Crippen LogP contribution is 2.34. The van der Waals surface area contributed by atoms with Gasteiger partial charge in [0.15, 0.2) is 0 Å². The molecule has 2 heterocycles. The first-order chi connectivity index (χ1) is 11.2. The zero-order chi connectivity index (χ0) is 16.2. The molecule has 0 bridgehead atoms. The van der Waals surface area contributed by atoms with E-state index in [4.69, 9.17) is 0 Å². The fourth-order valence-electron chi connectivity index (χ4n) is 3.05. The Bertz CT molecular complexity index is 670. The summed E-state index contributed by atoms with van der Waals surface area (Å²) in [6, 6.07) is 14.1. The molecule has 3 rings (SSSR count). The second kappa shape index (κ2) is 7.41. The standard InChI is InChI=1S/C18H21NO2S2/c1-14(15-7-3-2-4-8-15)23(21)13-18(20)19-11-5-9-16(19)17-10-6-12-22-17/h2-4,6-8,10,12,14,16H,5,9,11,13H2,1H3/t14-,16+,23+/m1/s1. The summed E-state index contributed by atoms with van der Waals surface area (Å²) in [6.45, 7) is 2.71. The zero-order valence-corrected chi connectivity index (χ0v) is 14.8. The molecule has 23 heavy (non-hydrogen) atoms. The van der Waals surface area contributed by atoms with Crippen molar-refractivity contribution in [3.63, 3.8) is 0 Å². The molecule has 1 aliphatic rings. The summed E-state index contributed by atoms with van der Waals surface area (Å²) in [5.41, 5.74) is 1.02. The molecule has 0 N–H and O–H groups in total. The van der Waals surface area contributed by atoms with E-state index in [-0.39, 0.29) is 23.0 Å². The van der Waals surface area contributed by atoms with E-state index in [1.807, 2.05) is 53.6 Å². The van der Waals surface area contributed by atoms with E-state index in [1.165, 1.54) is 4.88 Å². The molecule has 0 unspecified atom stereocenters. The minimum absolute atomic E-state index is 0.0158. The monoisotopic (exact) mass is 347 g/mol. The largest absolute Gasteiger partial charge is 0.334 e. The third kappa shape index (κ3) is 3.72. The Kier molecular flexibility index (Phi) is 5.28. The van der Waals surface area contributed by atoms with Crippen molar-refractivity contribution in [2.75, 3.05) is 12.3 Å². The van der Waals surface area contributed by atoms with Crippen molar-refractivity contribution >= 4 is 28.0 Å². The van der Waals surface area contributed by atoms with Crippen molar-refractivity contribution in [2.24, 2.45) is 0 Å². The maximum Gasteiger partial charge on any atom is 0.235 e. The van der Waals surface area contributed by atoms with Crippen molar-refractivity contribution in [3.05, 3.63) is 58.3 Å². The lowest BCUT2D eigenvalue weighted by Gasteiger charge is -2.24. The molecule has 1 aliphatic heterocycles. The van der Waals surface area contributed by atoms with E-state index >= 15 is 0 Å². The molecular weight excluding hydrogens is 326 g/mol. The number of amides is 1. The maximum atomic E-state index is 12.6. The summed E-state index contributed by atoms with van der Waals surface area (Å²) in [5, 5.41) is 1.93. The van der Waals surface area contributed by atoms with Gasteiger partial charge in [0, 0.05) is 22.2 Å². The van der Waals surface area contributed by atoms with Crippen LogP contribution >= 0.6 is 11.3 Å². The molecule has 0 saturated carbocycles. The number of nitrogens with zero attached hydrogens (tertiary/aromatic N) is 1. The molecule has 0 aliphatic carbocycles. The Labute approximate surface area is 143 Å². The number of carbonyl (C=O) groups excluding carboxylic acids is 1. The highest BCUT2D eigenvalue weighted by Gasteiger charge is 2.31. The molecule has 1 aromatic carbocycles. The number of hydrogen-bond acceptors (Lipinski definition) is 3. The molecule has 2 aromatic rings. The lowest BCUT2D eigenvalue weighted by Crippen LogP contribution is -2.34. The molecule has 0 radical (unpaired) electrons. The Balaban J connectivity index is 1.65. The van der Waals surface area contributed by atoms with Crippen LogP contribution in [0.4, 0.5) is 0 Å². The highest BCUT2D eigenvalue weighted by atomic mass is 32.2. The van der Waals surface area contributed by atoms with E-state index in [2.05, 4.69) is 6.07 Å². The van der Waals surface area contributed by atoms with Gasteiger partial charge in [-0.25, -0.2) is 0 Å². The van der Waals surface area contributed by atoms with Crippen LogP contribution in [0.15, 0.2) is 47.8 Å². The topological polar surface area (TPSA) is 37.4 Å². The van der Waals surface area contributed by atoms with Gasteiger partial charge in [0.1, 0.15) is 5.75 Å². The lowest BCUT2D eigenvalue weighted by atomic mass is 10.2. The Morgan fingerprint density at radius 1 is 1.30 bits per heavy atom. The Morgan fingerprint density at radius 2 is 2.09 bits per heavy atom. The second-order valence-corrected chi connectivity index (χ2v) is 8.58. The van der Waals surface area contributed by atoms with Gasteiger partial charge < -0.3 is 4.90 Å². The third-order valence-corrected chi connectivity index (χ3v) is 6.94. The van der Waals surface area contributed by atoms with Gasteiger partial charge in [0.05, 0.1) is 11.3 Å². The summed E-state index contributed by atoms with van der Waals surface area (Å²) >= 11 is 1.69. The number of rotatable bonds is 5. The van der Waals surface area contributed by atoms with Crippen LogP contribution in [-0.4, -0.2) is 27.3 Å². The van der Waals surface area contributed by atoms with Gasteiger partial charge >= 0.3 is 0 Å². The Morgan fingerprint density at radius 3 is 2.78 bits per heavy atom. The van der Waals surface area contributed by atoms with E-state index in [0.717, 1.165) is 24.9 Å². The number of thiophene rings is 1. The fraction of sp³-hybridized carbons (Fsp3) is 0.389. The van der Waals surface area contributed by atoms with Crippen molar-refractivity contribution in [1.82, 2.24) is 4.90 Å². The molecule has 1 saturated heterocycles. The number of benzene rings is 1. The molecule has 1 aromatic heterocycles. The van der Waals surface area contributed by atoms with Crippen LogP contribution in [0.2, 0.25) is 0 Å². The molecule has 5 heteroatoms. The molecule has 122 valence electrons. The first kappa shape index (κ1) is 16.4. The summed E-state index contributed by atoms with van der Waals surface area (Å²) in [4.78, 5) is 15.8. The predicted octanol–water partition coefficient (Wildman–Crippen LogP) is 3.92. The number of likely N-dealkylation sites (tertiary alicyclic amines) is 1. The Hall–Kier alpha value is -1.46. The SMILES string of the molecule is C[C@H](c1ccccc1)[S@@](=O)CC(=O)N1CCC[C@H]1c1cccs1. The van der Waals surface area contributed by atoms with Crippen LogP contribution in [0.3, 0.4) is 0 Å². The van der Waals surface area contributed by atoms with Crippen molar-refractivity contribution in [3.8, 4) is 0 Å². The van der Waals surface area contributed by atoms with Crippen molar-refractivity contribution in [2.45, 2.75) is 31.1 Å². The van der Waals surface area contributed by atoms with Gasteiger partial charge in [0.25, 0.3) is 0 Å². The van der Waals surface area contributed by atoms with E-state index in [9.17, 15) is 9.00 Å².